The van der Waals surface area contributed by atoms with Crippen LogP contribution in [0.4, 0.5) is 0 Å². The minimum absolute atomic E-state index is 1.14. The topological polar surface area (TPSA) is 0 Å². The van der Waals surface area contributed by atoms with Gasteiger partial charge in [0.05, 0.1) is 65.2 Å². The molecule has 0 spiro atoms. The summed E-state index contributed by atoms with van der Waals surface area (Å²) in [6.45, 7) is 15.8. The van der Waals surface area contributed by atoms with E-state index in [2.05, 4.69) is 25.7 Å². The minimum Gasteiger partial charge on any atom is -0.323 e. The van der Waals surface area contributed by atoms with Gasteiger partial charge in [0.2, 0.25) is 0 Å². The third-order valence-electron chi connectivity index (χ3n) is 11.5. The van der Waals surface area contributed by atoms with Crippen molar-refractivity contribution in [3.05, 3.63) is 0 Å². The number of piperidine rings is 2. The molecule has 2 heterocycles. The van der Waals surface area contributed by atoms with Gasteiger partial charge in [0, 0.05) is 0 Å². The Labute approximate surface area is 279 Å². The molecule has 0 aromatic carbocycles. The summed E-state index contributed by atoms with van der Waals surface area (Å²) in [6, 6.07) is 0. The predicted molar refractivity (Wildman–Crippen MR) is 197 cm³/mol. The maximum absolute atomic E-state index is 3.69. The first-order chi connectivity index (χ1) is 21.7. The molecule has 0 bridgehead atoms. The van der Waals surface area contributed by atoms with Crippen LogP contribution in [-0.2, 0) is 0 Å². The molecule has 2 saturated heterocycles. The van der Waals surface area contributed by atoms with E-state index in [1.54, 1.807) is 0 Å². The molecule has 0 amide bonds. The van der Waals surface area contributed by atoms with Crippen LogP contribution in [0.3, 0.4) is 0 Å². The molecular weight excluding hydrogens is 532 g/mol. The molecule has 0 radical (unpaired) electrons. The molecule has 258 valence electrons. The summed E-state index contributed by atoms with van der Waals surface area (Å²) in [7, 11) is 0. The number of hydrogen-bond acceptors (Lipinski definition) is 0. The molecule has 44 heavy (non-hydrogen) atoms. The predicted octanol–water partition coefficient (Wildman–Crippen LogP) is 12.4. The maximum Gasteiger partial charge on any atom is 0.0897 e. The number of nitrogens with zero attached hydrogens (tertiary/aromatic N) is 2. The van der Waals surface area contributed by atoms with Crippen LogP contribution in [0.1, 0.15) is 206 Å². The Morgan fingerprint density at radius 1 is 0.318 bits per heavy atom. The Morgan fingerprint density at radius 2 is 0.591 bits per heavy atom. The zero-order valence-electron chi connectivity index (χ0n) is 30.8. The number of likely N-dealkylation sites (tertiary alicyclic amines) is 2. The van der Waals surface area contributed by atoms with Gasteiger partial charge in [0.1, 0.15) is 0 Å². The Hall–Kier alpha value is -0.520. The van der Waals surface area contributed by atoms with Crippen molar-refractivity contribution in [1.29, 1.82) is 0 Å². The van der Waals surface area contributed by atoms with E-state index >= 15 is 0 Å². The fourth-order valence-electron chi connectivity index (χ4n) is 8.47. The van der Waals surface area contributed by atoms with E-state index in [4.69, 9.17) is 0 Å². The van der Waals surface area contributed by atoms with Crippen molar-refractivity contribution < 1.29 is 8.97 Å². The Balaban J connectivity index is 1.58. The van der Waals surface area contributed by atoms with Gasteiger partial charge in [0.15, 0.2) is 0 Å². The summed E-state index contributed by atoms with van der Waals surface area (Å²) in [6.07, 6.45) is 43.0. The molecule has 2 aliphatic rings. The standard InChI is InChI=1S/C42H82N2/c1-3-5-7-9-11-13-15-17-19-21-27-35-43(39-31-25-32-40-43)37-29-23-24-30-38-44(41-33-26-34-42-44)36-28-22-20-18-16-14-12-10-8-6-4-2/h3-22,25-42H2,1-2H3/q+2. The van der Waals surface area contributed by atoms with Crippen LogP contribution in [0.25, 0.3) is 0 Å². The van der Waals surface area contributed by atoms with Crippen LogP contribution in [0.2, 0.25) is 0 Å². The molecule has 0 aromatic heterocycles. The molecule has 0 atom stereocenters. The highest BCUT2D eigenvalue weighted by Crippen LogP contribution is 2.23. The smallest absolute Gasteiger partial charge is 0.0897 e. The minimum atomic E-state index is 1.14. The van der Waals surface area contributed by atoms with Gasteiger partial charge in [-0.3, -0.25) is 0 Å². The summed E-state index contributed by atoms with van der Waals surface area (Å²) in [5.74, 6) is 7.39. The monoisotopic (exact) mass is 615 g/mol. The van der Waals surface area contributed by atoms with Gasteiger partial charge in [-0.05, 0) is 64.2 Å². The van der Waals surface area contributed by atoms with Crippen molar-refractivity contribution in [2.45, 2.75) is 206 Å². The van der Waals surface area contributed by atoms with E-state index in [9.17, 15) is 0 Å². The van der Waals surface area contributed by atoms with E-state index in [-0.39, 0.29) is 0 Å². The van der Waals surface area contributed by atoms with Crippen molar-refractivity contribution in [3.8, 4) is 11.8 Å². The molecule has 2 heteroatoms. The quantitative estimate of drug-likeness (QED) is 0.0467. The lowest BCUT2D eigenvalue weighted by molar-refractivity contribution is -0.932. The average molecular weight is 615 g/mol. The van der Waals surface area contributed by atoms with Crippen molar-refractivity contribution in [3.63, 3.8) is 0 Å². The van der Waals surface area contributed by atoms with Gasteiger partial charge in [-0.2, -0.15) is 0 Å². The first-order valence-electron chi connectivity index (χ1n) is 20.9. The lowest BCUT2D eigenvalue weighted by atomic mass is 10.0. The maximum atomic E-state index is 3.69. The molecule has 0 aliphatic carbocycles. The first kappa shape index (κ1) is 39.7. The molecule has 0 unspecified atom stereocenters. The van der Waals surface area contributed by atoms with Crippen LogP contribution in [0.5, 0.6) is 0 Å². The van der Waals surface area contributed by atoms with Crippen molar-refractivity contribution >= 4 is 0 Å². The van der Waals surface area contributed by atoms with Gasteiger partial charge in [-0.1, -0.05) is 141 Å². The number of rotatable bonds is 28. The molecule has 0 saturated carbocycles. The summed E-state index contributed by atoms with van der Waals surface area (Å²) in [5, 5.41) is 0. The Morgan fingerprint density at radius 3 is 0.886 bits per heavy atom. The van der Waals surface area contributed by atoms with Crippen LogP contribution < -0.4 is 0 Å². The average Bonchev–Trinajstić information content (AvgIpc) is 3.05. The van der Waals surface area contributed by atoms with E-state index in [0.29, 0.717) is 0 Å². The normalized spacial score (nSPS) is 17.8. The highest BCUT2D eigenvalue weighted by molar-refractivity contribution is 4.98. The Bertz CT molecular complexity index is 620. The zero-order valence-corrected chi connectivity index (χ0v) is 30.8. The lowest BCUT2D eigenvalue weighted by Crippen LogP contribution is -2.52. The number of hydrogen-bond donors (Lipinski definition) is 0. The SMILES string of the molecule is CCCCCCCCCCCCC[N+]1(CCC#CCC[N+]2(CCCCCCCCCCCCC)CCCCC2)CCCCC1. The second-order valence-electron chi connectivity index (χ2n) is 15.5. The van der Waals surface area contributed by atoms with Crippen LogP contribution in [0, 0.1) is 11.8 Å². The van der Waals surface area contributed by atoms with Crippen LogP contribution in [-0.4, -0.2) is 61.3 Å². The lowest BCUT2D eigenvalue weighted by Gasteiger charge is -2.41. The van der Waals surface area contributed by atoms with Gasteiger partial charge in [0.25, 0.3) is 0 Å². The van der Waals surface area contributed by atoms with Crippen molar-refractivity contribution in [2.24, 2.45) is 0 Å². The largest absolute Gasteiger partial charge is 0.323 e. The molecule has 2 fully saturated rings. The fourth-order valence-corrected chi connectivity index (χ4v) is 8.47. The van der Waals surface area contributed by atoms with Crippen molar-refractivity contribution in [2.75, 3.05) is 52.4 Å². The van der Waals surface area contributed by atoms with E-state index < -0.39 is 0 Å². The number of quaternary nitrogens is 2. The van der Waals surface area contributed by atoms with Crippen molar-refractivity contribution in [1.82, 2.24) is 0 Å². The van der Waals surface area contributed by atoms with Gasteiger partial charge >= 0.3 is 0 Å². The van der Waals surface area contributed by atoms with Gasteiger partial charge in [-0.15, -0.1) is 0 Å². The molecule has 2 nitrogen and oxygen atoms in total. The van der Waals surface area contributed by atoms with Gasteiger partial charge < -0.3 is 8.97 Å². The Kier molecular flexibility index (Phi) is 24.9. The molecule has 0 aromatic rings. The van der Waals surface area contributed by atoms with Crippen LogP contribution >= 0.6 is 0 Å². The fraction of sp³-hybridized carbons (Fsp3) is 0.952. The van der Waals surface area contributed by atoms with E-state index in [0.717, 1.165) is 12.8 Å². The summed E-state index contributed by atoms with van der Waals surface area (Å²) in [5.41, 5.74) is 0. The molecule has 0 N–H and O–H groups in total. The summed E-state index contributed by atoms with van der Waals surface area (Å²) in [4.78, 5) is 0. The highest BCUT2D eigenvalue weighted by Gasteiger charge is 2.29. The molecule has 2 rings (SSSR count). The van der Waals surface area contributed by atoms with E-state index in [1.165, 1.54) is 241 Å². The third-order valence-corrected chi connectivity index (χ3v) is 11.5. The molecular formula is C42H82N2+2. The van der Waals surface area contributed by atoms with Crippen LogP contribution in [0.15, 0.2) is 0 Å². The number of unbranched alkanes of at least 4 members (excludes halogenated alkanes) is 20. The third kappa shape index (κ3) is 19.9. The summed E-state index contributed by atoms with van der Waals surface area (Å²) >= 11 is 0. The first-order valence-corrected chi connectivity index (χ1v) is 20.9. The zero-order chi connectivity index (χ0) is 31.3. The second-order valence-corrected chi connectivity index (χ2v) is 15.5. The van der Waals surface area contributed by atoms with E-state index in [1.807, 2.05) is 0 Å². The second kappa shape index (κ2) is 27.6. The summed E-state index contributed by atoms with van der Waals surface area (Å²) < 4.78 is 2.79. The van der Waals surface area contributed by atoms with Gasteiger partial charge in [-0.25, -0.2) is 0 Å². The highest BCUT2D eigenvalue weighted by atomic mass is 15.4. The molecule has 2 aliphatic heterocycles.